The summed E-state index contributed by atoms with van der Waals surface area (Å²) in [6.07, 6.45) is 1.65. The van der Waals surface area contributed by atoms with E-state index in [2.05, 4.69) is 25.5 Å². The molecule has 0 radical (unpaired) electrons. The third-order valence-electron chi connectivity index (χ3n) is 6.37. The molecule has 1 aromatic carbocycles. The van der Waals surface area contributed by atoms with Crippen LogP contribution in [-0.4, -0.2) is 76.5 Å². The number of halogens is 2. The van der Waals surface area contributed by atoms with Gasteiger partial charge in [-0.25, -0.2) is 19.0 Å². The number of nitrogens with one attached hydrogen (secondary N) is 2. The zero-order valence-electron chi connectivity index (χ0n) is 18.2. The fourth-order valence-corrected chi connectivity index (χ4v) is 5.40. The van der Waals surface area contributed by atoms with E-state index in [-0.39, 0.29) is 22.7 Å². The number of thiazole rings is 1. The van der Waals surface area contributed by atoms with Crippen molar-refractivity contribution < 1.29 is 19.1 Å². The number of aliphatic carboxylic acids is 1. The number of carbonyl (C=O) groups excluding carboxylic acids is 1. The number of carbonyl (C=O) groups is 2. The quantitative estimate of drug-likeness (QED) is 0.576. The summed E-state index contributed by atoms with van der Waals surface area (Å²) in [6.45, 7) is 4.34. The molecule has 0 unspecified atom stereocenters. The predicted molar refractivity (Wildman–Crippen MR) is 126 cm³/mol. The number of amidine groups is 1. The molecule has 3 aliphatic rings. The lowest BCUT2D eigenvalue weighted by molar-refractivity contribution is -0.133. The molecular formula is C22H22ClFN6O3S. The topological polar surface area (TPSA) is 110 Å². The number of rotatable bonds is 5. The van der Waals surface area contributed by atoms with E-state index in [1.807, 2.05) is 10.3 Å². The van der Waals surface area contributed by atoms with E-state index in [9.17, 15) is 19.1 Å². The van der Waals surface area contributed by atoms with E-state index in [4.69, 9.17) is 11.6 Å². The second-order valence-electron chi connectivity index (χ2n) is 8.38. The Hall–Kier alpha value is -3.02. The van der Waals surface area contributed by atoms with Crippen LogP contribution in [-0.2, 0) is 4.79 Å². The van der Waals surface area contributed by atoms with Crippen molar-refractivity contribution in [2.75, 3.05) is 32.7 Å². The van der Waals surface area contributed by atoms with E-state index in [1.165, 1.54) is 23.5 Å². The van der Waals surface area contributed by atoms with Crippen LogP contribution < -0.4 is 10.6 Å². The Balaban J connectivity index is 1.54. The van der Waals surface area contributed by atoms with E-state index < -0.39 is 17.8 Å². The molecule has 34 heavy (non-hydrogen) atoms. The van der Waals surface area contributed by atoms with Crippen LogP contribution in [0, 0.1) is 12.7 Å². The number of carboxylic acid groups (broad SMARTS) is 1. The van der Waals surface area contributed by atoms with Gasteiger partial charge in [-0.15, -0.1) is 11.3 Å². The first kappa shape index (κ1) is 22.8. The molecule has 0 saturated carbocycles. The maximum Gasteiger partial charge on any atom is 0.335 e. The molecule has 4 heterocycles. The number of piperazine rings is 1. The van der Waals surface area contributed by atoms with Crippen LogP contribution in [0.4, 0.5) is 9.18 Å². The van der Waals surface area contributed by atoms with E-state index in [1.54, 1.807) is 13.1 Å². The SMILES string of the molecule is Cc1c([C@H]2N=C(c3nccs3)NC(CN3CCN4C(=O)NC[C@@H]4C3)=C2C(=O)O)ccc(F)c1Cl. The molecule has 1 aromatic heterocycles. The van der Waals surface area contributed by atoms with Gasteiger partial charge >= 0.3 is 12.0 Å². The summed E-state index contributed by atoms with van der Waals surface area (Å²) in [7, 11) is 0. The molecular weight excluding hydrogens is 483 g/mol. The normalized spacial score (nSPS) is 22.9. The molecule has 3 N–H and O–H groups in total. The van der Waals surface area contributed by atoms with Gasteiger partial charge in [0.25, 0.3) is 0 Å². The zero-order valence-corrected chi connectivity index (χ0v) is 19.8. The number of fused-ring (bicyclic) bond motifs is 1. The van der Waals surface area contributed by atoms with Crippen LogP contribution >= 0.6 is 22.9 Å². The van der Waals surface area contributed by atoms with Crippen LogP contribution in [0.1, 0.15) is 22.2 Å². The first-order chi connectivity index (χ1) is 16.3. The average Bonchev–Trinajstić information content (AvgIpc) is 3.47. The molecule has 0 spiro atoms. The van der Waals surface area contributed by atoms with Gasteiger partial charge in [0.15, 0.2) is 10.8 Å². The maximum atomic E-state index is 14.0. The van der Waals surface area contributed by atoms with Crippen molar-refractivity contribution in [1.29, 1.82) is 0 Å². The minimum Gasteiger partial charge on any atom is -0.478 e. The molecule has 2 amide bonds. The fourth-order valence-electron chi connectivity index (χ4n) is 4.64. The second-order valence-corrected chi connectivity index (χ2v) is 9.66. The minimum absolute atomic E-state index is 0.0414. The van der Waals surface area contributed by atoms with Crippen LogP contribution in [0.3, 0.4) is 0 Å². The highest BCUT2D eigenvalue weighted by Crippen LogP contribution is 2.37. The molecule has 9 nitrogen and oxygen atoms in total. The Bertz CT molecular complexity index is 1220. The Morgan fingerprint density at radius 3 is 2.94 bits per heavy atom. The predicted octanol–water partition coefficient (Wildman–Crippen LogP) is 2.38. The summed E-state index contributed by atoms with van der Waals surface area (Å²) in [5.74, 6) is -1.23. The summed E-state index contributed by atoms with van der Waals surface area (Å²) in [4.78, 5) is 37.4. The lowest BCUT2D eigenvalue weighted by Crippen LogP contribution is -2.53. The largest absolute Gasteiger partial charge is 0.478 e. The molecule has 2 fully saturated rings. The Morgan fingerprint density at radius 2 is 2.21 bits per heavy atom. The molecule has 2 saturated heterocycles. The van der Waals surface area contributed by atoms with Crippen molar-refractivity contribution in [3.8, 4) is 0 Å². The van der Waals surface area contributed by atoms with Crippen molar-refractivity contribution in [3.05, 3.63) is 62.0 Å². The highest BCUT2D eigenvalue weighted by molar-refractivity contribution is 7.11. The zero-order chi connectivity index (χ0) is 24.0. The van der Waals surface area contributed by atoms with Gasteiger partial charge in [-0.3, -0.25) is 9.89 Å². The first-order valence-electron chi connectivity index (χ1n) is 10.8. The molecule has 3 aliphatic heterocycles. The molecule has 0 aliphatic carbocycles. The fraction of sp³-hybridized carbons (Fsp3) is 0.364. The molecule has 2 atom stereocenters. The van der Waals surface area contributed by atoms with E-state index >= 15 is 0 Å². The van der Waals surface area contributed by atoms with Crippen LogP contribution in [0.25, 0.3) is 0 Å². The number of aliphatic imine (C=N–C) groups is 1. The number of benzene rings is 1. The van der Waals surface area contributed by atoms with Crippen molar-refractivity contribution in [2.45, 2.75) is 19.0 Å². The molecule has 0 bridgehead atoms. The van der Waals surface area contributed by atoms with Gasteiger partial charge in [0, 0.05) is 50.0 Å². The summed E-state index contributed by atoms with van der Waals surface area (Å²) in [5, 5.41) is 18.6. The summed E-state index contributed by atoms with van der Waals surface area (Å²) >= 11 is 7.54. The third kappa shape index (κ3) is 4.04. The van der Waals surface area contributed by atoms with Crippen LogP contribution in [0.15, 0.2) is 40.0 Å². The number of aromatic nitrogens is 1. The Kier molecular flexibility index (Phi) is 6.00. The van der Waals surface area contributed by atoms with Crippen LogP contribution in [0.5, 0.6) is 0 Å². The van der Waals surface area contributed by atoms with Gasteiger partial charge in [-0.2, -0.15) is 0 Å². The maximum absolute atomic E-state index is 14.0. The summed E-state index contributed by atoms with van der Waals surface area (Å²) in [6, 6.07) is 1.85. The van der Waals surface area contributed by atoms with Gasteiger partial charge in [0.1, 0.15) is 11.9 Å². The van der Waals surface area contributed by atoms with Gasteiger partial charge < -0.3 is 20.6 Å². The van der Waals surface area contributed by atoms with Gasteiger partial charge in [-0.05, 0) is 24.1 Å². The molecule has 12 heteroatoms. The summed E-state index contributed by atoms with van der Waals surface area (Å²) < 4.78 is 14.0. The number of hydrogen-bond donors (Lipinski definition) is 3. The number of hydrogen-bond acceptors (Lipinski definition) is 7. The second kappa shape index (κ2) is 8.97. The molecule has 178 valence electrons. The molecule has 5 rings (SSSR count). The number of urea groups is 1. The monoisotopic (exact) mass is 504 g/mol. The third-order valence-corrected chi connectivity index (χ3v) is 7.61. The number of amides is 2. The Morgan fingerprint density at radius 1 is 1.38 bits per heavy atom. The van der Waals surface area contributed by atoms with Crippen molar-refractivity contribution in [1.82, 2.24) is 25.4 Å². The van der Waals surface area contributed by atoms with Crippen molar-refractivity contribution in [2.24, 2.45) is 4.99 Å². The van der Waals surface area contributed by atoms with E-state index in [0.717, 1.165) is 0 Å². The summed E-state index contributed by atoms with van der Waals surface area (Å²) in [5.41, 5.74) is 1.53. The van der Waals surface area contributed by atoms with Gasteiger partial charge in [-0.1, -0.05) is 17.7 Å². The van der Waals surface area contributed by atoms with E-state index in [0.29, 0.717) is 60.4 Å². The lowest BCUT2D eigenvalue weighted by Gasteiger charge is -2.38. The minimum atomic E-state index is -1.12. The number of carboxylic acids is 1. The standard InChI is InChI=1S/C22H22ClFN6O3S/c1-11-13(2-3-14(24)17(11)23)18-16(21(31)32)15(27-19(28-18)20-25-4-7-34-20)10-29-5-6-30-12(9-29)8-26-22(30)33/h2-4,7,12,18H,5-6,8-10H2,1H3,(H,26,33)(H,27,28)(H,31,32)/t12-,18-/m1/s1. The lowest BCUT2D eigenvalue weighted by atomic mass is 9.92. The smallest absolute Gasteiger partial charge is 0.335 e. The highest BCUT2D eigenvalue weighted by atomic mass is 35.5. The number of nitrogens with zero attached hydrogens (tertiary/aromatic N) is 4. The highest BCUT2D eigenvalue weighted by Gasteiger charge is 2.38. The van der Waals surface area contributed by atoms with Gasteiger partial charge in [0.2, 0.25) is 0 Å². The first-order valence-corrected chi connectivity index (χ1v) is 12.0. The van der Waals surface area contributed by atoms with Gasteiger partial charge in [0.05, 0.1) is 16.6 Å². The van der Waals surface area contributed by atoms with Crippen molar-refractivity contribution in [3.63, 3.8) is 0 Å². The van der Waals surface area contributed by atoms with Crippen LogP contribution in [0.2, 0.25) is 5.02 Å². The Labute approximate surface area is 203 Å². The molecule has 2 aromatic rings. The van der Waals surface area contributed by atoms with Crippen molar-refractivity contribution >= 4 is 40.8 Å². The average molecular weight is 505 g/mol.